The monoisotopic (exact) mass is 930 g/mol. The molecule has 7 heteroatoms. The molecule has 0 fully saturated rings. The Hall–Kier alpha value is -8.36. The summed E-state index contributed by atoms with van der Waals surface area (Å²) in [5.41, 5.74) is 11.3. The third-order valence-electron chi connectivity index (χ3n) is 14.3. The number of hydrogen-bond acceptors (Lipinski definition) is 6. The molecule has 0 spiro atoms. The molecule has 11 aromatic carbocycles. The van der Waals surface area contributed by atoms with Crippen LogP contribution in [0.2, 0.25) is 0 Å². The van der Waals surface area contributed by atoms with Crippen LogP contribution < -0.4 is 35.7 Å². The van der Waals surface area contributed by atoms with Crippen molar-refractivity contribution in [1.82, 2.24) is 0 Å². The molecule has 2 aromatic heterocycles. The van der Waals surface area contributed by atoms with Crippen molar-refractivity contribution in [1.29, 1.82) is 0 Å². The SMILES string of the molecule is Cc1cc2c3c(c1)Oc1cc4c(cc1B3c1cc3sc5cc(N(c6ccccc6)c6ccccc6)c6ccccc6c5c3cc1O2)sc1cc(N(c2ccccc2)c2ccccc2)c2ccccc2c14. The molecule has 15 rings (SSSR count). The number of hydrogen-bond donors (Lipinski definition) is 0. The topological polar surface area (TPSA) is 24.9 Å². The lowest BCUT2D eigenvalue weighted by Crippen LogP contribution is -2.57. The van der Waals surface area contributed by atoms with Crippen LogP contribution >= 0.6 is 22.7 Å². The molecule has 0 unspecified atom stereocenters. The van der Waals surface area contributed by atoms with Crippen LogP contribution in [0.5, 0.6) is 23.0 Å². The van der Waals surface area contributed by atoms with Crippen molar-refractivity contribution in [2.45, 2.75) is 6.92 Å². The van der Waals surface area contributed by atoms with Gasteiger partial charge < -0.3 is 19.3 Å². The maximum Gasteiger partial charge on any atom is 0.260 e. The Bertz CT molecular complexity index is 3920. The van der Waals surface area contributed by atoms with Gasteiger partial charge in [-0.05, 0) is 131 Å². The summed E-state index contributed by atoms with van der Waals surface area (Å²) in [6.45, 7) is 2.05. The van der Waals surface area contributed by atoms with Crippen LogP contribution in [-0.4, -0.2) is 6.71 Å². The van der Waals surface area contributed by atoms with E-state index in [9.17, 15) is 0 Å². The smallest absolute Gasteiger partial charge is 0.260 e. The second kappa shape index (κ2) is 15.3. The molecule has 0 atom stereocenters. The van der Waals surface area contributed by atoms with Crippen molar-refractivity contribution < 1.29 is 9.47 Å². The first-order chi connectivity index (χ1) is 34.6. The minimum Gasteiger partial charge on any atom is -0.458 e. The normalized spacial score (nSPS) is 12.6. The number of nitrogens with zero attached hydrogens (tertiary/aromatic N) is 2. The van der Waals surface area contributed by atoms with Crippen LogP contribution in [0.3, 0.4) is 0 Å². The first kappa shape index (κ1) is 39.6. The highest BCUT2D eigenvalue weighted by molar-refractivity contribution is 7.26. The number of rotatable bonds is 6. The molecule has 0 radical (unpaired) electrons. The molecule has 4 heterocycles. The van der Waals surface area contributed by atoms with Crippen molar-refractivity contribution in [3.8, 4) is 23.0 Å². The van der Waals surface area contributed by atoms with Gasteiger partial charge in [0, 0.05) is 79.3 Å². The number of aryl methyl sites for hydroxylation is 1. The van der Waals surface area contributed by atoms with Gasteiger partial charge in [0.05, 0.1) is 11.4 Å². The highest BCUT2D eigenvalue weighted by Crippen LogP contribution is 2.50. The number of anilines is 6. The van der Waals surface area contributed by atoms with Crippen LogP contribution in [0.4, 0.5) is 34.1 Å². The van der Waals surface area contributed by atoms with Gasteiger partial charge in [-0.3, -0.25) is 0 Å². The summed E-state index contributed by atoms with van der Waals surface area (Å²) >= 11 is 3.73. The molecular weight excluding hydrogens is 892 g/mol. The average Bonchev–Trinajstić information content (AvgIpc) is 3.95. The van der Waals surface area contributed by atoms with Crippen LogP contribution in [-0.2, 0) is 0 Å². The zero-order valence-electron chi connectivity index (χ0n) is 37.9. The van der Waals surface area contributed by atoms with Crippen molar-refractivity contribution in [3.63, 3.8) is 0 Å². The molecule has 0 saturated heterocycles. The molecule has 2 aliphatic heterocycles. The van der Waals surface area contributed by atoms with Crippen molar-refractivity contribution >= 4 is 142 Å². The summed E-state index contributed by atoms with van der Waals surface area (Å²) in [6, 6.07) is 79.2. The van der Waals surface area contributed by atoms with E-state index in [0.717, 1.165) is 79.1 Å². The van der Waals surface area contributed by atoms with Gasteiger partial charge in [0.25, 0.3) is 6.71 Å². The lowest BCUT2D eigenvalue weighted by atomic mass is 9.35. The Kier molecular flexibility index (Phi) is 8.68. The van der Waals surface area contributed by atoms with E-state index in [4.69, 9.17) is 9.47 Å². The third-order valence-corrected chi connectivity index (χ3v) is 16.5. The second-order valence-corrected chi connectivity index (χ2v) is 20.6. The lowest BCUT2D eigenvalue weighted by molar-refractivity contribution is 0.464. The molecule has 4 nitrogen and oxygen atoms in total. The van der Waals surface area contributed by atoms with Crippen molar-refractivity contribution in [3.05, 3.63) is 224 Å². The highest BCUT2D eigenvalue weighted by atomic mass is 32.1. The zero-order valence-corrected chi connectivity index (χ0v) is 39.5. The minimum absolute atomic E-state index is 0.0831. The number of thiophene rings is 2. The second-order valence-electron chi connectivity index (χ2n) is 18.4. The molecule has 70 heavy (non-hydrogen) atoms. The van der Waals surface area contributed by atoms with Gasteiger partial charge in [-0.15, -0.1) is 22.7 Å². The molecule has 0 bridgehead atoms. The van der Waals surface area contributed by atoms with Gasteiger partial charge in [-0.2, -0.15) is 0 Å². The first-order valence-corrected chi connectivity index (χ1v) is 25.4. The summed E-state index contributed by atoms with van der Waals surface area (Å²) in [7, 11) is 0. The van der Waals surface area contributed by atoms with Crippen molar-refractivity contribution in [2.75, 3.05) is 9.80 Å². The van der Waals surface area contributed by atoms with E-state index in [1.54, 1.807) is 0 Å². The molecule has 0 saturated carbocycles. The quantitative estimate of drug-likeness (QED) is 0.155. The van der Waals surface area contributed by atoms with Gasteiger partial charge >= 0.3 is 0 Å². The standard InChI is InChI=1S/C63H39BN2O2S2/c1-38-30-55-63-56(31-38)68-54-33-48-58(70-60-37-52(44-27-15-17-29-46(44)62(48)60)66(41-22-10-4-11-23-41)42-24-12-5-13-25-42)35-50(54)64(63)49-34-57-47(32-53(49)67-55)61-45-28-16-14-26-43(45)51(36-59(61)69-57)65(39-18-6-2-7-19-39)40-20-8-3-9-21-40/h2-37H,1H3. The summed E-state index contributed by atoms with van der Waals surface area (Å²) in [6.07, 6.45) is 0. The number of para-hydroxylation sites is 4. The molecule has 0 aliphatic carbocycles. The third kappa shape index (κ3) is 5.95. The van der Waals surface area contributed by atoms with Gasteiger partial charge in [-0.25, -0.2) is 0 Å². The fourth-order valence-corrected chi connectivity index (χ4v) is 13.8. The Labute approximate surface area is 412 Å². The van der Waals surface area contributed by atoms with E-state index >= 15 is 0 Å². The van der Waals surface area contributed by atoms with E-state index in [1.165, 1.54) is 61.9 Å². The van der Waals surface area contributed by atoms with E-state index in [2.05, 4.69) is 235 Å². The van der Waals surface area contributed by atoms with Gasteiger partial charge in [0.2, 0.25) is 0 Å². The average molecular weight is 931 g/mol. The summed E-state index contributed by atoms with van der Waals surface area (Å²) in [4.78, 5) is 4.78. The Morgan fingerprint density at radius 3 is 1.09 bits per heavy atom. The largest absolute Gasteiger partial charge is 0.458 e. The number of fused-ring (bicyclic) bond motifs is 14. The highest BCUT2D eigenvalue weighted by Gasteiger charge is 2.41. The van der Waals surface area contributed by atoms with E-state index in [-0.39, 0.29) is 6.71 Å². The van der Waals surface area contributed by atoms with Crippen LogP contribution in [0, 0.1) is 6.92 Å². The Morgan fingerprint density at radius 1 is 0.343 bits per heavy atom. The van der Waals surface area contributed by atoms with Crippen LogP contribution in [0.1, 0.15) is 5.56 Å². The number of ether oxygens (including phenoxy) is 2. The predicted octanol–water partition coefficient (Wildman–Crippen LogP) is 16.7. The molecule has 2 aliphatic rings. The lowest BCUT2D eigenvalue weighted by Gasteiger charge is -2.33. The minimum atomic E-state index is -0.0831. The summed E-state index contributed by atoms with van der Waals surface area (Å²) in [5, 5.41) is 9.77. The van der Waals surface area contributed by atoms with Crippen molar-refractivity contribution in [2.24, 2.45) is 0 Å². The maximum absolute atomic E-state index is 7.04. The van der Waals surface area contributed by atoms with Gasteiger partial charge in [-0.1, -0.05) is 121 Å². The fraction of sp³-hybridized carbons (Fsp3) is 0.0159. The Morgan fingerprint density at radius 2 is 0.700 bits per heavy atom. The fourth-order valence-electron chi connectivity index (χ4n) is 11.4. The molecular formula is C63H39BN2O2S2. The summed E-state index contributed by atoms with van der Waals surface area (Å²) in [5.74, 6) is 3.51. The molecule has 0 amide bonds. The van der Waals surface area contributed by atoms with E-state index in [0.29, 0.717) is 0 Å². The zero-order chi connectivity index (χ0) is 46.0. The predicted molar refractivity (Wildman–Crippen MR) is 299 cm³/mol. The molecule has 13 aromatic rings. The van der Waals surface area contributed by atoms with E-state index in [1.807, 2.05) is 22.7 Å². The number of benzene rings is 11. The first-order valence-electron chi connectivity index (χ1n) is 23.8. The maximum atomic E-state index is 7.04. The molecule has 0 N–H and O–H groups in total. The van der Waals surface area contributed by atoms with Crippen LogP contribution in [0.25, 0.3) is 61.9 Å². The van der Waals surface area contributed by atoms with Crippen LogP contribution in [0.15, 0.2) is 218 Å². The molecule has 328 valence electrons. The van der Waals surface area contributed by atoms with Gasteiger partial charge in [0.1, 0.15) is 23.0 Å². The summed E-state index contributed by atoms with van der Waals surface area (Å²) < 4.78 is 19.0. The van der Waals surface area contributed by atoms with Gasteiger partial charge in [0.15, 0.2) is 0 Å². The van der Waals surface area contributed by atoms with E-state index < -0.39 is 0 Å². The Balaban J connectivity index is 0.938.